The molecule has 26 heavy (non-hydrogen) atoms. The minimum Gasteiger partial charge on any atom is -0.494 e. The van der Waals surface area contributed by atoms with Crippen LogP contribution in [0.5, 0.6) is 5.75 Å². The van der Waals surface area contributed by atoms with Gasteiger partial charge in [-0.25, -0.2) is 14.8 Å². The smallest absolute Gasteiger partial charge is 0.348 e. The van der Waals surface area contributed by atoms with Gasteiger partial charge in [-0.15, -0.1) is 11.3 Å². The quantitative estimate of drug-likeness (QED) is 0.637. The van der Waals surface area contributed by atoms with E-state index in [4.69, 9.17) is 9.47 Å². The number of carbonyl (C=O) groups excluding carboxylic acids is 1. The van der Waals surface area contributed by atoms with E-state index in [1.54, 1.807) is 6.92 Å². The predicted molar refractivity (Wildman–Crippen MR) is 104 cm³/mol. The Morgan fingerprint density at radius 2 is 1.85 bits per heavy atom. The maximum atomic E-state index is 12.2. The summed E-state index contributed by atoms with van der Waals surface area (Å²) in [4.78, 5) is 22.5. The number of esters is 1. The Morgan fingerprint density at radius 3 is 2.50 bits per heavy atom. The summed E-state index contributed by atoms with van der Waals surface area (Å²) in [5.74, 6) is 1.82. The van der Waals surface area contributed by atoms with Crippen LogP contribution in [-0.2, 0) is 4.74 Å². The van der Waals surface area contributed by atoms with Crippen LogP contribution in [0.15, 0.2) is 24.3 Å². The Balaban J connectivity index is 2.00. The van der Waals surface area contributed by atoms with Gasteiger partial charge < -0.3 is 14.8 Å². The molecule has 0 fully saturated rings. The second kappa shape index (κ2) is 7.70. The molecule has 1 N–H and O–H groups in total. The Hall–Kier alpha value is -2.67. The molecule has 0 aliphatic heterocycles. The summed E-state index contributed by atoms with van der Waals surface area (Å²) in [5, 5.41) is 4.17. The second-order valence-electron chi connectivity index (χ2n) is 5.66. The first-order chi connectivity index (χ1) is 12.5. The Labute approximate surface area is 156 Å². The Kier molecular flexibility index (Phi) is 5.37. The number of hydrogen-bond donors (Lipinski definition) is 1. The lowest BCUT2D eigenvalue weighted by Crippen LogP contribution is -2.04. The number of rotatable bonds is 6. The van der Waals surface area contributed by atoms with Gasteiger partial charge >= 0.3 is 5.97 Å². The molecular weight excluding hydrogens is 350 g/mol. The number of aryl methyl sites for hydroxylation is 2. The zero-order chi connectivity index (χ0) is 18.7. The van der Waals surface area contributed by atoms with Crippen molar-refractivity contribution in [3.63, 3.8) is 0 Å². The topological polar surface area (TPSA) is 73.3 Å². The highest BCUT2D eigenvalue weighted by molar-refractivity contribution is 7.20. The molecule has 0 atom stereocenters. The van der Waals surface area contributed by atoms with E-state index in [0.29, 0.717) is 29.7 Å². The molecule has 6 nitrogen and oxygen atoms in total. The third-order valence-corrected chi connectivity index (χ3v) is 4.96. The number of carbonyl (C=O) groups is 1. The molecule has 136 valence electrons. The molecule has 3 rings (SSSR count). The van der Waals surface area contributed by atoms with Crippen molar-refractivity contribution >= 4 is 39.0 Å². The molecular formula is C19H21N3O3S. The first-order valence-corrected chi connectivity index (χ1v) is 9.29. The van der Waals surface area contributed by atoms with Gasteiger partial charge in [0, 0.05) is 5.69 Å². The Bertz CT molecular complexity index is 935. The van der Waals surface area contributed by atoms with Gasteiger partial charge in [0.15, 0.2) is 0 Å². The summed E-state index contributed by atoms with van der Waals surface area (Å²) in [6.07, 6.45) is 0. The SMILES string of the molecule is CCOC(=O)c1sc2nc(C)nc(Nc3ccc(OCC)cc3)c2c1C. The number of anilines is 2. The van der Waals surface area contributed by atoms with Crippen LogP contribution in [0.1, 0.15) is 34.9 Å². The maximum absolute atomic E-state index is 12.2. The lowest BCUT2D eigenvalue weighted by Gasteiger charge is -2.10. The van der Waals surface area contributed by atoms with Crippen LogP contribution in [0.3, 0.4) is 0 Å². The highest BCUT2D eigenvalue weighted by atomic mass is 32.1. The third-order valence-electron chi connectivity index (χ3n) is 3.79. The molecule has 3 aromatic rings. The van der Waals surface area contributed by atoms with Gasteiger partial charge in [-0.3, -0.25) is 0 Å². The fourth-order valence-electron chi connectivity index (χ4n) is 2.67. The summed E-state index contributed by atoms with van der Waals surface area (Å²) in [6.45, 7) is 8.45. The molecule has 0 aliphatic carbocycles. The van der Waals surface area contributed by atoms with Crippen molar-refractivity contribution in [2.75, 3.05) is 18.5 Å². The number of benzene rings is 1. The van der Waals surface area contributed by atoms with Crippen LogP contribution < -0.4 is 10.1 Å². The van der Waals surface area contributed by atoms with Crippen molar-refractivity contribution in [1.29, 1.82) is 0 Å². The van der Waals surface area contributed by atoms with Gasteiger partial charge in [0.05, 0.1) is 18.6 Å². The number of nitrogens with zero attached hydrogens (tertiary/aromatic N) is 2. The molecule has 1 aromatic carbocycles. The number of thiophene rings is 1. The maximum Gasteiger partial charge on any atom is 0.348 e. The predicted octanol–water partition coefficient (Wildman–Crippen LogP) is 4.63. The van der Waals surface area contributed by atoms with Gasteiger partial charge in [-0.2, -0.15) is 0 Å². The number of hydrogen-bond acceptors (Lipinski definition) is 7. The number of ether oxygens (including phenoxy) is 2. The summed E-state index contributed by atoms with van der Waals surface area (Å²) in [7, 11) is 0. The standard InChI is InChI=1S/C19H21N3O3S/c1-5-24-14-9-7-13(8-10-14)22-17-15-11(3)16(19(23)25-6-2)26-18(15)21-12(4)20-17/h7-10H,5-6H2,1-4H3,(H,20,21,22). The van der Waals surface area contributed by atoms with Crippen molar-refractivity contribution in [3.8, 4) is 5.75 Å². The van der Waals surface area contributed by atoms with Crippen molar-refractivity contribution in [1.82, 2.24) is 9.97 Å². The lowest BCUT2D eigenvalue weighted by atomic mass is 10.2. The third kappa shape index (κ3) is 3.62. The molecule has 0 radical (unpaired) electrons. The van der Waals surface area contributed by atoms with E-state index < -0.39 is 0 Å². The average Bonchev–Trinajstić information content (AvgIpc) is 2.94. The summed E-state index contributed by atoms with van der Waals surface area (Å²) in [5.41, 5.74) is 1.72. The van der Waals surface area contributed by atoms with Crippen LogP contribution in [0.4, 0.5) is 11.5 Å². The molecule has 0 bridgehead atoms. The minimum absolute atomic E-state index is 0.322. The van der Waals surface area contributed by atoms with E-state index in [9.17, 15) is 4.79 Å². The first kappa shape index (κ1) is 18.1. The van der Waals surface area contributed by atoms with Gasteiger partial charge in [-0.1, -0.05) is 0 Å². The van der Waals surface area contributed by atoms with Gasteiger partial charge in [-0.05, 0) is 57.5 Å². The summed E-state index contributed by atoms with van der Waals surface area (Å²) < 4.78 is 10.6. The molecule has 0 aliphatic rings. The molecule has 0 saturated carbocycles. The van der Waals surface area contributed by atoms with E-state index in [-0.39, 0.29) is 5.97 Å². The molecule has 0 amide bonds. The molecule has 0 spiro atoms. The molecule has 2 heterocycles. The zero-order valence-electron chi connectivity index (χ0n) is 15.3. The van der Waals surface area contributed by atoms with Crippen LogP contribution in [0.2, 0.25) is 0 Å². The zero-order valence-corrected chi connectivity index (χ0v) is 16.1. The van der Waals surface area contributed by atoms with Gasteiger partial charge in [0.25, 0.3) is 0 Å². The van der Waals surface area contributed by atoms with Crippen LogP contribution in [-0.4, -0.2) is 29.2 Å². The van der Waals surface area contributed by atoms with Crippen molar-refractivity contribution in [2.24, 2.45) is 0 Å². The second-order valence-corrected chi connectivity index (χ2v) is 6.66. The van der Waals surface area contributed by atoms with E-state index in [1.165, 1.54) is 11.3 Å². The number of nitrogens with one attached hydrogen (secondary N) is 1. The van der Waals surface area contributed by atoms with E-state index in [0.717, 1.165) is 27.2 Å². The van der Waals surface area contributed by atoms with Crippen molar-refractivity contribution < 1.29 is 14.3 Å². The monoisotopic (exact) mass is 371 g/mol. The summed E-state index contributed by atoms with van der Waals surface area (Å²) >= 11 is 1.33. The average molecular weight is 371 g/mol. The van der Waals surface area contributed by atoms with Gasteiger partial charge in [0.1, 0.15) is 27.1 Å². The lowest BCUT2D eigenvalue weighted by molar-refractivity contribution is 0.0531. The normalized spacial score (nSPS) is 10.8. The molecule has 2 aromatic heterocycles. The Morgan fingerprint density at radius 1 is 1.12 bits per heavy atom. The van der Waals surface area contributed by atoms with Crippen LogP contribution in [0.25, 0.3) is 10.2 Å². The molecule has 0 saturated heterocycles. The fourth-order valence-corrected chi connectivity index (χ4v) is 3.79. The van der Waals surface area contributed by atoms with Crippen molar-refractivity contribution in [2.45, 2.75) is 27.7 Å². The fraction of sp³-hybridized carbons (Fsp3) is 0.316. The summed E-state index contributed by atoms with van der Waals surface area (Å²) in [6, 6.07) is 7.67. The van der Waals surface area contributed by atoms with E-state index in [1.807, 2.05) is 45.0 Å². The minimum atomic E-state index is -0.322. The van der Waals surface area contributed by atoms with Crippen LogP contribution >= 0.6 is 11.3 Å². The van der Waals surface area contributed by atoms with Gasteiger partial charge in [0.2, 0.25) is 0 Å². The highest BCUT2D eigenvalue weighted by Gasteiger charge is 2.21. The number of aromatic nitrogens is 2. The molecule has 7 heteroatoms. The first-order valence-electron chi connectivity index (χ1n) is 8.48. The largest absolute Gasteiger partial charge is 0.494 e. The van der Waals surface area contributed by atoms with Crippen LogP contribution in [0, 0.1) is 13.8 Å². The molecule has 0 unspecified atom stereocenters. The highest BCUT2D eigenvalue weighted by Crippen LogP contribution is 2.35. The van der Waals surface area contributed by atoms with E-state index in [2.05, 4.69) is 15.3 Å². The number of fused-ring (bicyclic) bond motifs is 1. The van der Waals surface area contributed by atoms with E-state index >= 15 is 0 Å². The van der Waals surface area contributed by atoms with Crippen molar-refractivity contribution in [3.05, 3.63) is 40.5 Å².